The fourth-order valence-electron chi connectivity index (χ4n) is 1.39. The summed E-state index contributed by atoms with van der Waals surface area (Å²) in [5.41, 5.74) is 1.91. The van der Waals surface area contributed by atoms with E-state index in [1.165, 1.54) is 0 Å². The first-order chi connectivity index (χ1) is 6.68. The minimum Gasteiger partial charge on any atom is -0.334 e. The molecule has 2 aromatic heterocycles. The van der Waals surface area contributed by atoms with E-state index in [2.05, 4.69) is 9.97 Å². The van der Waals surface area contributed by atoms with Crippen LogP contribution in [-0.4, -0.2) is 14.5 Å². The Labute approximate surface area is 87.4 Å². The molecule has 0 saturated heterocycles. The Morgan fingerprint density at radius 3 is 2.71 bits per heavy atom. The van der Waals surface area contributed by atoms with Gasteiger partial charge in [0.2, 0.25) is 0 Å². The Bertz CT molecular complexity index is 462. The van der Waals surface area contributed by atoms with Gasteiger partial charge < -0.3 is 4.57 Å². The normalized spacial score (nSPS) is 10.5. The van der Waals surface area contributed by atoms with Gasteiger partial charge in [-0.3, -0.25) is 0 Å². The number of hydrogen-bond acceptors (Lipinski definition) is 2. The van der Waals surface area contributed by atoms with Crippen molar-refractivity contribution in [3.8, 4) is 11.4 Å². The first-order valence-electron chi connectivity index (χ1n) is 4.29. The topological polar surface area (TPSA) is 30.7 Å². The van der Waals surface area contributed by atoms with Gasteiger partial charge in [-0.1, -0.05) is 11.6 Å². The molecule has 0 spiro atoms. The van der Waals surface area contributed by atoms with E-state index in [9.17, 15) is 0 Å². The zero-order chi connectivity index (χ0) is 10.1. The highest BCUT2D eigenvalue weighted by atomic mass is 35.5. The Hall–Kier alpha value is -1.35. The Morgan fingerprint density at radius 1 is 1.36 bits per heavy atom. The number of nitrogens with zero attached hydrogens (tertiary/aromatic N) is 3. The number of pyridine rings is 1. The summed E-state index contributed by atoms with van der Waals surface area (Å²) in [6, 6.07) is 3.71. The standard InChI is InChI=1S/C10H10ClN3/c1-7-8(3-4-9(11)13-7)10-12-5-6-14(10)2/h3-6H,1-2H3. The molecule has 0 fully saturated rings. The molecule has 72 valence electrons. The van der Waals surface area contributed by atoms with Gasteiger partial charge in [0.25, 0.3) is 0 Å². The third-order valence-electron chi connectivity index (χ3n) is 2.11. The monoisotopic (exact) mass is 207 g/mol. The number of aryl methyl sites for hydroxylation is 2. The molecule has 0 aromatic carbocycles. The maximum Gasteiger partial charge on any atom is 0.141 e. The minimum absolute atomic E-state index is 0.514. The van der Waals surface area contributed by atoms with Crippen molar-refractivity contribution in [3.63, 3.8) is 0 Å². The quantitative estimate of drug-likeness (QED) is 0.673. The van der Waals surface area contributed by atoms with E-state index in [1.54, 1.807) is 12.3 Å². The lowest BCUT2D eigenvalue weighted by Gasteiger charge is -2.04. The molecule has 14 heavy (non-hydrogen) atoms. The van der Waals surface area contributed by atoms with Crippen LogP contribution in [-0.2, 0) is 7.05 Å². The van der Waals surface area contributed by atoms with Crippen molar-refractivity contribution in [1.29, 1.82) is 0 Å². The zero-order valence-corrected chi connectivity index (χ0v) is 8.78. The maximum atomic E-state index is 5.78. The average Bonchev–Trinajstić information content (AvgIpc) is 2.52. The molecule has 0 amide bonds. The first kappa shape index (κ1) is 9.21. The molecule has 0 radical (unpaired) electrons. The third-order valence-corrected chi connectivity index (χ3v) is 2.32. The predicted molar refractivity (Wildman–Crippen MR) is 56.2 cm³/mol. The van der Waals surface area contributed by atoms with Crippen molar-refractivity contribution in [2.75, 3.05) is 0 Å². The van der Waals surface area contributed by atoms with Crippen LogP contribution in [0, 0.1) is 6.92 Å². The summed E-state index contributed by atoms with van der Waals surface area (Å²) in [6.45, 7) is 1.93. The van der Waals surface area contributed by atoms with Crippen molar-refractivity contribution < 1.29 is 0 Å². The molecular formula is C10H10ClN3. The van der Waals surface area contributed by atoms with Gasteiger partial charge in [-0.2, -0.15) is 0 Å². The van der Waals surface area contributed by atoms with E-state index in [0.717, 1.165) is 17.1 Å². The Balaban J connectivity index is 2.58. The van der Waals surface area contributed by atoms with Gasteiger partial charge >= 0.3 is 0 Å². The lowest BCUT2D eigenvalue weighted by atomic mass is 10.2. The molecule has 0 N–H and O–H groups in total. The lowest BCUT2D eigenvalue weighted by molar-refractivity contribution is 0.920. The molecule has 2 aromatic rings. The van der Waals surface area contributed by atoms with Gasteiger partial charge in [0, 0.05) is 30.7 Å². The Morgan fingerprint density at radius 2 is 2.14 bits per heavy atom. The lowest BCUT2D eigenvalue weighted by Crippen LogP contribution is -1.95. The van der Waals surface area contributed by atoms with Crippen LogP contribution < -0.4 is 0 Å². The van der Waals surface area contributed by atoms with Crippen LogP contribution in [0.2, 0.25) is 5.15 Å². The van der Waals surface area contributed by atoms with E-state index in [0.29, 0.717) is 5.15 Å². The van der Waals surface area contributed by atoms with E-state index < -0.39 is 0 Å². The number of hydrogen-bond donors (Lipinski definition) is 0. The van der Waals surface area contributed by atoms with Gasteiger partial charge in [-0.25, -0.2) is 9.97 Å². The smallest absolute Gasteiger partial charge is 0.141 e. The summed E-state index contributed by atoms with van der Waals surface area (Å²) in [4.78, 5) is 8.44. The van der Waals surface area contributed by atoms with Crippen molar-refractivity contribution >= 4 is 11.6 Å². The van der Waals surface area contributed by atoms with E-state index >= 15 is 0 Å². The Kier molecular flexibility index (Phi) is 2.25. The maximum absolute atomic E-state index is 5.78. The predicted octanol–water partition coefficient (Wildman–Crippen LogP) is 2.44. The second kappa shape index (κ2) is 3.42. The average molecular weight is 208 g/mol. The molecule has 0 aliphatic heterocycles. The summed E-state index contributed by atoms with van der Waals surface area (Å²) in [5, 5.41) is 0.514. The summed E-state index contributed by atoms with van der Waals surface area (Å²) in [5.74, 6) is 0.909. The number of imidazole rings is 1. The molecule has 2 heterocycles. The number of aromatic nitrogens is 3. The number of rotatable bonds is 1. The molecule has 0 atom stereocenters. The van der Waals surface area contributed by atoms with Crippen LogP contribution in [0.1, 0.15) is 5.69 Å². The SMILES string of the molecule is Cc1nc(Cl)ccc1-c1nccn1C. The third kappa shape index (κ3) is 1.51. The highest BCUT2D eigenvalue weighted by Gasteiger charge is 2.07. The van der Waals surface area contributed by atoms with Crippen molar-refractivity contribution in [1.82, 2.24) is 14.5 Å². The van der Waals surface area contributed by atoms with E-state index in [-0.39, 0.29) is 0 Å². The van der Waals surface area contributed by atoms with E-state index in [1.807, 2.05) is 30.8 Å². The largest absolute Gasteiger partial charge is 0.334 e. The second-order valence-electron chi connectivity index (χ2n) is 3.13. The van der Waals surface area contributed by atoms with Crippen molar-refractivity contribution in [3.05, 3.63) is 35.4 Å². The molecule has 4 heteroatoms. The zero-order valence-electron chi connectivity index (χ0n) is 8.03. The summed E-state index contributed by atoms with van der Waals surface area (Å²) >= 11 is 5.78. The van der Waals surface area contributed by atoms with Crippen LogP contribution >= 0.6 is 11.6 Å². The number of halogens is 1. The van der Waals surface area contributed by atoms with Crippen LogP contribution in [0.5, 0.6) is 0 Å². The van der Waals surface area contributed by atoms with E-state index in [4.69, 9.17) is 11.6 Å². The van der Waals surface area contributed by atoms with Gasteiger partial charge in [-0.05, 0) is 19.1 Å². The molecule has 0 saturated carbocycles. The molecule has 0 aliphatic rings. The second-order valence-corrected chi connectivity index (χ2v) is 3.52. The molecule has 0 bridgehead atoms. The molecule has 0 aliphatic carbocycles. The molecular weight excluding hydrogens is 198 g/mol. The summed E-state index contributed by atoms with van der Waals surface area (Å²) < 4.78 is 1.96. The van der Waals surface area contributed by atoms with Crippen LogP contribution in [0.25, 0.3) is 11.4 Å². The molecule has 0 unspecified atom stereocenters. The highest BCUT2D eigenvalue weighted by Crippen LogP contribution is 2.21. The van der Waals surface area contributed by atoms with Crippen molar-refractivity contribution in [2.45, 2.75) is 6.92 Å². The van der Waals surface area contributed by atoms with Gasteiger partial charge in [-0.15, -0.1) is 0 Å². The molecule has 3 nitrogen and oxygen atoms in total. The van der Waals surface area contributed by atoms with Crippen LogP contribution in [0.4, 0.5) is 0 Å². The fourth-order valence-corrected chi connectivity index (χ4v) is 1.58. The van der Waals surface area contributed by atoms with Gasteiger partial charge in [0.05, 0.1) is 0 Å². The summed E-state index contributed by atoms with van der Waals surface area (Å²) in [6.07, 6.45) is 3.67. The van der Waals surface area contributed by atoms with Gasteiger partial charge in [0.15, 0.2) is 0 Å². The fraction of sp³-hybridized carbons (Fsp3) is 0.200. The van der Waals surface area contributed by atoms with Crippen molar-refractivity contribution in [2.24, 2.45) is 7.05 Å². The van der Waals surface area contributed by atoms with Crippen LogP contribution in [0.15, 0.2) is 24.5 Å². The van der Waals surface area contributed by atoms with Gasteiger partial charge in [0.1, 0.15) is 11.0 Å². The van der Waals surface area contributed by atoms with Crippen LogP contribution in [0.3, 0.4) is 0 Å². The minimum atomic E-state index is 0.514. The highest BCUT2D eigenvalue weighted by molar-refractivity contribution is 6.29. The first-order valence-corrected chi connectivity index (χ1v) is 4.67. The summed E-state index contributed by atoms with van der Waals surface area (Å²) in [7, 11) is 1.95. The molecule has 2 rings (SSSR count).